The molecule has 2 nitrogen and oxygen atoms in total. The van der Waals surface area contributed by atoms with E-state index in [1.54, 1.807) is 0 Å². The topological polar surface area (TPSA) is 19.0 Å². The van der Waals surface area contributed by atoms with Gasteiger partial charge in [-0.15, -0.1) is 0 Å². The summed E-state index contributed by atoms with van der Waals surface area (Å²) in [6, 6.07) is 6.72. The molecule has 3 rings (SSSR count). The quantitative estimate of drug-likeness (QED) is 0.815. The molecule has 1 N–H and O–H groups in total. The number of benzene rings is 1. The molecule has 0 amide bonds. The van der Waals surface area contributed by atoms with Gasteiger partial charge in [-0.25, -0.2) is 4.31 Å². The van der Waals surface area contributed by atoms with Crippen molar-refractivity contribution >= 4 is 22.9 Å². The second-order valence-electron chi connectivity index (χ2n) is 5.38. The fourth-order valence-corrected chi connectivity index (χ4v) is 3.51. The van der Waals surface area contributed by atoms with Gasteiger partial charge in [-0.3, -0.25) is 0 Å². The normalized spacial score (nSPS) is 18.6. The van der Waals surface area contributed by atoms with E-state index >= 15 is 0 Å². The van der Waals surface area contributed by atoms with Crippen LogP contribution in [0.2, 0.25) is 0 Å². The summed E-state index contributed by atoms with van der Waals surface area (Å²) in [6.07, 6.45) is 4.75. The van der Waals surface area contributed by atoms with Crippen LogP contribution in [0, 0.1) is 12.8 Å². The predicted molar refractivity (Wildman–Crippen MR) is 78.9 cm³/mol. The number of hydrogen-bond acceptors (Lipinski definition) is 2. The summed E-state index contributed by atoms with van der Waals surface area (Å²) in [5.74, 6) is 0.899. The number of aromatic amines is 1. The smallest absolute Gasteiger partial charge is 0.0457 e. The third-order valence-corrected chi connectivity index (χ3v) is 4.93. The molecule has 1 aromatic heterocycles. The number of hydrogen-bond donors (Lipinski definition) is 1. The van der Waals surface area contributed by atoms with E-state index in [2.05, 4.69) is 47.5 Å². The third kappa shape index (κ3) is 2.43. The van der Waals surface area contributed by atoms with Crippen molar-refractivity contribution in [2.45, 2.75) is 31.6 Å². The van der Waals surface area contributed by atoms with Crippen LogP contribution >= 0.6 is 11.9 Å². The monoisotopic (exact) mass is 260 g/mol. The highest BCUT2D eigenvalue weighted by Crippen LogP contribution is 2.30. The number of aromatic nitrogens is 1. The summed E-state index contributed by atoms with van der Waals surface area (Å²) in [5.41, 5.74) is 2.57. The molecule has 1 fully saturated rings. The van der Waals surface area contributed by atoms with Crippen LogP contribution < -0.4 is 0 Å². The zero-order chi connectivity index (χ0) is 12.5. The molecule has 1 aromatic carbocycles. The van der Waals surface area contributed by atoms with Crippen LogP contribution in [0.4, 0.5) is 0 Å². The fraction of sp³-hybridized carbons (Fsp3) is 0.467. The molecule has 1 saturated heterocycles. The van der Waals surface area contributed by atoms with Gasteiger partial charge in [-0.1, -0.05) is 6.92 Å². The second kappa shape index (κ2) is 4.98. The molecule has 0 saturated carbocycles. The highest BCUT2D eigenvalue weighted by molar-refractivity contribution is 7.97. The van der Waals surface area contributed by atoms with E-state index in [0.29, 0.717) is 0 Å². The number of rotatable bonds is 2. The van der Waals surface area contributed by atoms with Gasteiger partial charge in [0.25, 0.3) is 0 Å². The average Bonchev–Trinajstić information content (AvgIpc) is 2.74. The number of H-pyrrole nitrogens is 1. The number of nitrogens with one attached hydrogen (secondary N) is 1. The average molecular weight is 260 g/mol. The van der Waals surface area contributed by atoms with E-state index in [9.17, 15) is 0 Å². The van der Waals surface area contributed by atoms with Crippen molar-refractivity contribution in [1.82, 2.24) is 9.29 Å². The lowest BCUT2D eigenvalue weighted by molar-refractivity contribution is 0.308. The molecular weight excluding hydrogens is 240 g/mol. The summed E-state index contributed by atoms with van der Waals surface area (Å²) in [7, 11) is 0. The van der Waals surface area contributed by atoms with E-state index in [-0.39, 0.29) is 0 Å². The van der Waals surface area contributed by atoms with Crippen molar-refractivity contribution in [3.8, 4) is 0 Å². The molecule has 0 aliphatic carbocycles. The molecule has 0 unspecified atom stereocenters. The molecule has 1 aliphatic heterocycles. The Kier molecular flexibility index (Phi) is 3.35. The molecule has 2 heterocycles. The number of fused-ring (bicyclic) bond motifs is 1. The molecule has 18 heavy (non-hydrogen) atoms. The first kappa shape index (κ1) is 12.1. The van der Waals surface area contributed by atoms with Gasteiger partial charge in [-0.05, 0) is 61.4 Å². The molecule has 96 valence electrons. The zero-order valence-corrected chi connectivity index (χ0v) is 11.9. The lowest BCUT2D eigenvalue weighted by Crippen LogP contribution is -2.27. The van der Waals surface area contributed by atoms with Crippen LogP contribution in [-0.2, 0) is 0 Å². The van der Waals surface area contributed by atoms with Gasteiger partial charge in [0.1, 0.15) is 0 Å². The number of nitrogens with zero attached hydrogens (tertiary/aromatic N) is 1. The molecule has 0 bridgehead atoms. The summed E-state index contributed by atoms with van der Waals surface area (Å²) in [4.78, 5) is 4.66. The summed E-state index contributed by atoms with van der Waals surface area (Å²) < 4.78 is 2.50. The van der Waals surface area contributed by atoms with Crippen LogP contribution in [0.25, 0.3) is 10.9 Å². The summed E-state index contributed by atoms with van der Waals surface area (Å²) >= 11 is 1.91. The van der Waals surface area contributed by atoms with E-state index in [1.807, 2.05) is 11.9 Å². The molecule has 2 aromatic rings. The second-order valence-corrected chi connectivity index (χ2v) is 6.55. The SMILES string of the molecule is Cc1c[nH]c2ccc(SN3CCC(C)CC3)cc12. The van der Waals surface area contributed by atoms with Crippen molar-refractivity contribution in [3.63, 3.8) is 0 Å². The molecule has 0 atom stereocenters. The fourth-order valence-electron chi connectivity index (χ4n) is 2.52. The summed E-state index contributed by atoms with van der Waals surface area (Å²) in [5, 5.41) is 1.35. The minimum Gasteiger partial charge on any atom is -0.361 e. The minimum absolute atomic E-state index is 0.899. The van der Waals surface area contributed by atoms with Crippen LogP contribution in [0.15, 0.2) is 29.3 Å². The maximum absolute atomic E-state index is 3.30. The number of aryl methyl sites for hydroxylation is 1. The van der Waals surface area contributed by atoms with Crippen LogP contribution in [-0.4, -0.2) is 22.4 Å². The first-order chi connectivity index (χ1) is 8.72. The summed E-state index contributed by atoms with van der Waals surface area (Å²) in [6.45, 7) is 6.96. The maximum atomic E-state index is 3.30. The van der Waals surface area contributed by atoms with Gasteiger partial charge >= 0.3 is 0 Å². The van der Waals surface area contributed by atoms with Crippen LogP contribution in [0.5, 0.6) is 0 Å². The Bertz CT molecular complexity index is 538. The van der Waals surface area contributed by atoms with Gasteiger partial charge in [0.2, 0.25) is 0 Å². The van der Waals surface area contributed by atoms with E-state index < -0.39 is 0 Å². The third-order valence-electron chi connectivity index (χ3n) is 3.84. The first-order valence-corrected chi connectivity index (χ1v) is 7.50. The Labute approximate surface area is 113 Å². The van der Waals surface area contributed by atoms with Gasteiger partial charge in [-0.2, -0.15) is 0 Å². The van der Waals surface area contributed by atoms with Crippen molar-refractivity contribution in [3.05, 3.63) is 30.0 Å². The van der Waals surface area contributed by atoms with Gasteiger partial charge < -0.3 is 4.98 Å². The highest BCUT2D eigenvalue weighted by Gasteiger charge is 2.16. The Morgan fingerprint density at radius 2 is 2.06 bits per heavy atom. The lowest BCUT2D eigenvalue weighted by atomic mass is 10.0. The zero-order valence-electron chi connectivity index (χ0n) is 11.1. The standard InChI is InChI=1S/C15H20N2S/c1-11-5-7-17(8-6-11)18-13-3-4-15-14(9-13)12(2)10-16-15/h3-4,9-11,16H,5-8H2,1-2H3. The molecule has 0 spiro atoms. The van der Waals surface area contributed by atoms with E-state index in [0.717, 1.165) is 5.92 Å². The minimum atomic E-state index is 0.899. The molecule has 0 radical (unpaired) electrons. The van der Waals surface area contributed by atoms with E-state index in [4.69, 9.17) is 0 Å². The maximum Gasteiger partial charge on any atom is 0.0457 e. The Hall–Kier alpha value is -0.930. The Morgan fingerprint density at radius 3 is 2.83 bits per heavy atom. The largest absolute Gasteiger partial charge is 0.361 e. The predicted octanol–water partition coefficient (Wildman–Crippen LogP) is 4.22. The highest BCUT2D eigenvalue weighted by atomic mass is 32.2. The first-order valence-electron chi connectivity index (χ1n) is 6.73. The van der Waals surface area contributed by atoms with Gasteiger partial charge in [0, 0.05) is 35.1 Å². The van der Waals surface area contributed by atoms with Crippen molar-refractivity contribution in [2.75, 3.05) is 13.1 Å². The van der Waals surface area contributed by atoms with Crippen LogP contribution in [0.1, 0.15) is 25.3 Å². The number of piperidine rings is 1. The lowest BCUT2D eigenvalue weighted by Gasteiger charge is -2.28. The molecule has 3 heteroatoms. The van der Waals surface area contributed by atoms with Crippen molar-refractivity contribution < 1.29 is 0 Å². The van der Waals surface area contributed by atoms with Gasteiger partial charge in [0.05, 0.1) is 0 Å². The Morgan fingerprint density at radius 1 is 1.28 bits per heavy atom. The van der Waals surface area contributed by atoms with Crippen molar-refractivity contribution in [2.24, 2.45) is 5.92 Å². The van der Waals surface area contributed by atoms with E-state index in [1.165, 1.54) is 47.3 Å². The van der Waals surface area contributed by atoms with Crippen molar-refractivity contribution in [1.29, 1.82) is 0 Å². The Balaban J connectivity index is 1.76. The van der Waals surface area contributed by atoms with Gasteiger partial charge in [0.15, 0.2) is 0 Å². The molecule has 1 aliphatic rings. The molecular formula is C15H20N2S. The van der Waals surface area contributed by atoms with Crippen LogP contribution in [0.3, 0.4) is 0 Å².